The highest BCUT2D eigenvalue weighted by Gasteiger charge is 2.17. The van der Waals surface area contributed by atoms with E-state index in [1.54, 1.807) is 12.1 Å². The van der Waals surface area contributed by atoms with Crippen molar-refractivity contribution >= 4 is 21.8 Å². The predicted octanol–water partition coefficient (Wildman–Crippen LogP) is 3.28. The Labute approximate surface area is 125 Å². The van der Waals surface area contributed by atoms with Crippen LogP contribution in [-0.2, 0) is 0 Å². The van der Waals surface area contributed by atoms with Gasteiger partial charge in [0.25, 0.3) is 5.91 Å². The summed E-state index contributed by atoms with van der Waals surface area (Å²) in [6.45, 7) is 1.85. The number of carbonyl (C=O) groups excluding carboxylic acids is 1. The summed E-state index contributed by atoms with van der Waals surface area (Å²) in [5, 5.41) is 12.9. The van der Waals surface area contributed by atoms with Crippen molar-refractivity contribution in [2.24, 2.45) is 0 Å². The van der Waals surface area contributed by atoms with E-state index in [2.05, 4.69) is 21.2 Å². The molecule has 0 fully saturated rings. The highest BCUT2D eigenvalue weighted by molar-refractivity contribution is 9.10. The third-order valence-electron chi connectivity index (χ3n) is 2.94. The lowest BCUT2D eigenvalue weighted by molar-refractivity contribution is 0.0888. The van der Waals surface area contributed by atoms with Gasteiger partial charge in [-0.3, -0.25) is 4.79 Å². The van der Waals surface area contributed by atoms with Crippen molar-refractivity contribution < 1.29 is 14.3 Å². The van der Waals surface area contributed by atoms with Gasteiger partial charge >= 0.3 is 0 Å². The number of rotatable bonds is 5. The Morgan fingerprint density at radius 2 is 2.00 bits per heavy atom. The first-order valence-corrected chi connectivity index (χ1v) is 7.15. The molecule has 0 saturated heterocycles. The van der Waals surface area contributed by atoms with Gasteiger partial charge < -0.3 is 14.8 Å². The van der Waals surface area contributed by atoms with Gasteiger partial charge in [-0.05, 0) is 47.0 Å². The van der Waals surface area contributed by atoms with E-state index in [1.165, 1.54) is 0 Å². The van der Waals surface area contributed by atoms with E-state index in [9.17, 15) is 9.90 Å². The Morgan fingerprint density at radius 3 is 2.60 bits per heavy atom. The highest BCUT2D eigenvalue weighted by Crippen LogP contribution is 2.18. The summed E-state index contributed by atoms with van der Waals surface area (Å²) in [5.74, 6) is -0.0404. The molecule has 20 heavy (non-hydrogen) atoms. The molecule has 2 aromatic rings. The molecule has 2 N–H and O–H groups in total. The maximum absolute atomic E-state index is 11.9. The number of carbonyl (C=O) groups is 1. The SMILES string of the molecule is CC(CC(O)c1ccccc1)NC(=O)c1ccc(Br)o1. The Morgan fingerprint density at radius 1 is 1.30 bits per heavy atom. The fourth-order valence-electron chi connectivity index (χ4n) is 1.94. The number of amides is 1. The molecular formula is C15H16BrNO3. The number of aliphatic hydroxyl groups excluding tert-OH is 1. The molecule has 1 aromatic heterocycles. The first-order chi connectivity index (χ1) is 9.56. The van der Waals surface area contributed by atoms with Crippen LogP contribution in [0.15, 0.2) is 51.6 Å². The van der Waals surface area contributed by atoms with Crippen molar-refractivity contribution in [3.63, 3.8) is 0 Å². The number of halogens is 1. The van der Waals surface area contributed by atoms with E-state index in [4.69, 9.17) is 4.42 Å². The van der Waals surface area contributed by atoms with Gasteiger partial charge in [-0.2, -0.15) is 0 Å². The van der Waals surface area contributed by atoms with Gasteiger partial charge in [0, 0.05) is 6.04 Å². The molecule has 106 valence electrons. The van der Waals surface area contributed by atoms with Gasteiger partial charge in [0.1, 0.15) is 0 Å². The van der Waals surface area contributed by atoms with Crippen molar-refractivity contribution in [1.29, 1.82) is 0 Å². The highest BCUT2D eigenvalue weighted by atomic mass is 79.9. The summed E-state index contributed by atoms with van der Waals surface area (Å²) in [6.07, 6.45) is -0.160. The second-order valence-corrected chi connectivity index (χ2v) is 5.42. The van der Waals surface area contributed by atoms with Crippen molar-refractivity contribution in [3.8, 4) is 0 Å². The first-order valence-electron chi connectivity index (χ1n) is 6.35. The fourth-order valence-corrected chi connectivity index (χ4v) is 2.24. The number of hydrogen-bond donors (Lipinski definition) is 2. The lowest BCUT2D eigenvalue weighted by atomic mass is 10.0. The molecule has 0 aliphatic carbocycles. The molecule has 0 bridgehead atoms. The van der Waals surface area contributed by atoms with Gasteiger partial charge in [0.2, 0.25) is 0 Å². The van der Waals surface area contributed by atoms with Crippen LogP contribution in [0.3, 0.4) is 0 Å². The standard InChI is InChI=1S/C15H16BrNO3/c1-10(9-12(18)11-5-3-2-4-6-11)17-15(19)13-7-8-14(16)20-13/h2-8,10,12,18H,9H2,1H3,(H,17,19). The summed E-state index contributed by atoms with van der Waals surface area (Å²) < 4.78 is 5.69. The Kier molecular flexibility index (Phi) is 4.98. The second kappa shape index (κ2) is 6.72. The van der Waals surface area contributed by atoms with Crippen molar-refractivity contribution in [2.45, 2.75) is 25.5 Å². The summed E-state index contributed by atoms with van der Waals surface area (Å²) >= 11 is 3.15. The molecule has 0 radical (unpaired) electrons. The van der Waals surface area contributed by atoms with Crippen LogP contribution in [-0.4, -0.2) is 17.1 Å². The molecule has 0 aliphatic rings. The average molecular weight is 338 g/mol. The molecule has 4 nitrogen and oxygen atoms in total. The normalized spacial score (nSPS) is 13.8. The average Bonchev–Trinajstić information content (AvgIpc) is 2.86. The molecule has 1 heterocycles. The van der Waals surface area contributed by atoms with E-state index >= 15 is 0 Å². The van der Waals surface area contributed by atoms with Crippen molar-refractivity contribution in [1.82, 2.24) is 5.32 Å². The first kappa shape index (κ1) is 14.8. The molecule has 0 saturated carbocycles. The molecule has 5 heteroatoms. The van der Waals surface area contributed by atoms with Crippen LogP contribution in [0.25, 0.3) is 0 Å². The molecule has 0 aliphatic heterocycles. The zero-order valence-corrected chi connectivity index (χ0v) is 12.6. The Hall–Kier alpha value is -1.59. The van der Waals surface area contributed by atoms with Crippen LogP contribution < -0.4 is 5.32 Å². The minimum Gasteiger partial charge on any atom is -0.444 e. The number of furan rings is 1. The van der Waals surface area contributed by atoms with Gasteiger partial charge in [0.05, 0.1) is 6.10 Å². The van der Waals surface area contributed by atoms with Crippen LogP contribution in [0, 0.1) is 0 Å². The van der Waals surface area contributed by atoms with E-state index in [0.29, 0.717) is 11.1 Å². The zero-order valence-electron chi connectivity index (χ0n) is 11.0. The number of benzene rings is 1. The van der Waals surface area contributed by atoms with Gasteiger partial charge in [0.15, 0.2) is 10.4 Å². The van der Waals surface area contributed by atoms with Crippen LogP contribution in [0.2, 0.25) is 0 Å². The van der Waals surface area contributed by atoms with E-state index in [-0.39, 0.29) is 17.7 Å². The van der Waals surface area contributed by atoms with Crippen LogP contribution in [0.4, 0.5) is 0 Å². The number of aliphatic hydroxyl groups is 1. The number of hydrogen-bond acceptors (Lipinski definition) is 3. The molecular weight excluding hydrogens is 322 g/mol. The summed E-state index contributed by atoms with van der Waals surface area (Å²) in [7, 11) is 0. The molecule has 2 unspecified atom stereocenters. The second-order valence-electron chi connectivity index (χ2n) is 4.64. The molecule has 1 aromatic carbocycles. The van der Waals surface area contributed by atoms with Crippen molar-refractivity contribution in [3.05, 3.63) is 58.5 Å². The third kappa shape index (κ3) is 3.95. The lowest BCUT2D eigenvalue weighted by Gasteiger charge is -2.17. The summed E-state index contributed by atoms with van der Waals surface area (Å²) in [6, 6.07) is 12.5. The maximum Gasteiger partial charge on any atom is 0.287 e. The van der Waals surface area contributed by atoms with E-state index in [1.807, 2.05) is 37.3 Å². The fraction of sp³-hybridized carbons (Fsp3) is 0.267. The molecule has 2 rings (SSSR count). The predicted molar refractivity (Wildman–Crippen MR) is 79.4 cm³/mol. The quantitative estimate of drug-likeness (QED) is 0.879. The molecule has 0 spiro atoms. The molecule has 2 atom stereocenters. The topological polar surface area (TPSA) is 62.5 Å². The van der Waals surface area contributed by atoms with Crippen LogP contribution >= 0.6 is 15.9 Å². The monoisotopic (exact) mass is 337 g/mol. The van der Waals surface area contributed by atoms with Gasteiger partial charge in [-0.1, -0.05) is 30.3 Å². The Balaban J connectivity index is 1.89. The van der Waals surface area contributed by atoms with Crippen LogP contribution in [0.5, 0.6) is 0 Å². The smallest absolute Gasteiger partial charge is 0.287 e. The van der Waals surface area contributed by atoms with Crippen LogP contribution in [0.1, 0.15) is 35.6 Å². The minimum atomic E-state index is -0.602. The summed E-state index contributed by atoms with van der Waals surface area (Å²) in [4.78, 5) is 11.9. The summed E-state index contributed by atoms with van der Waals surface area (Å²) in [5.41, 5.74) is 0.842. The van der Waals surface area contributed by atoms with Crippen molar-refractivity contribution in [2.75, 3.05) is 0 Å². The minimum absolute atomic E-state index is 0.165. The number of nitrogens with one attached hydrogen (secondary N) is 1. The maximum atomic E-state index is 11.9. The van der Waals surface area contributed by atoms with E-state index < -0.39 is 6.10 Å². The zero-order chi connectivity index (χ0) is 14.5. The third-order valence-corrected chi connectivity index (χ3v) is 3.36. The Bertz CT molecular complexity index is 568. The largest absolute Gasteiger partial charge is 0.444 e. The van der Waals surface area contributed by atoms with Gasteiger partial charge in [-0.15, -0.1) is 0 Å². The lowest BCUT2D eigenvalue weighted by Crippen LogP contribution is -2.33. The van der Waals surface area contributed by atoms with E-state index in [0.717, 1.165) is 5.56 Å². The van der Waals surface area contributed by atoms with Gasteiger partial charge in [-0.25, -0.2) is 0 Å². The molecule has 1 amide bonds.